The number of aryl methyl sites for hydroxylation is 2. The van der Waals surface area contributed by atoms with Gasteiger partial charge in [0, 0.05) is 24.4 Å². The molecule has 3 aromatic rings. The molecule has 1 fully saturated rings. The number of nitrogens with zero attached hydrogens (tertiary/aromatic N) is 1. The molecule has 7 heteroatoms. The summed E-state index contributed by atoms with van der Waals surface area (Å²) in [7, 11) is 1.64. The van der Waals surface area contributed by atoms with Crippen LogP contribution in [0.2, 0.25) is 0 Å². The lowest BCUT2D eigenvalue weighted by atomic mass is 10.1. The molecule has 4 rings (SSSR count). The van der Waals surface area contributed by atoms with Gasteiger partial charge in [0.05, 0.1) is 25.3 Å². The predicted octanol–water partition coefficient (Wildman–Crippen LogP) is 4.53. The lowest BCUT2D eigenvalue weighted by Crippen LogP contribution is -2.40. The third kappa shape index (κ3) is 5.11. The molecule has 0 saturated carbocycles. The molecule has 32 heavy (non-hydrogen) atoms. The Balaban J connectivity index is 1.60. The average molecular weight is 452 g/mol. The summed E-state index contributed by atoms with van der Waals surface area (Å²) in [4.78, 5) is 18.0. The first-order chi connectivity index (χ1) is 15.4. The monoisotopic (exact) mass is 451 g/mol. The number of fused-ring (bicyclic) bond motifs is 1. The van der Waals surface area contributed by atoms with Gasteiger partial charge in [-0.3, -0.25) is 4.79 Å². The van der Waals surface area contributed by atoms with Crippen LogP contribution < -0.4 is 15.6 Å². The lowest BCUT2D eigenvalue weighted by Gasteiger charge is -2.28. The van der Waals surface area contributed by atoms with Gasteiger partial charge in [-0.25, -0.2) is 0 Å². The van der Waals surface area contributed by atoms with E-state index in [-0.39, 0.29) is 11.7 Å². The average Bonchev–Trinajstić information content (AvgIpc) is 3.28. The summed E-state index contributed by atoms with van der Waals surface area (Å²) in [5, 5.41) is 4.89. The molecule has 1 aliphatic rings. The zero-order chi connectivity index (χ0) is 22.7. The minimum absolute atomic E-state index is 0.0889. The SMILES string of the molecule is COc1ccc(NC(=S)N(Cc2cc3cc(C)cc(C)c3[nH]c2=O)C[C@H]2CCCO2)cc1. The number of benzene rings is 2. The number of thiocarbonyl (C=S) groups is 1. The standard InChI is InChI=1S/C25H29N3O3S/c1-16-11-17(2)23-18(12-16)13-19(24(29)27-23)14-28(15-22-5-4-10-31-22)25(32)26-20-6-8-21(30-3)9-7-20/h6-9,11-13,22H,4-5,10,14-15H2,1-3H3,(H,26,32)(H,27,29)/t22-/m1/s1. The van der Waals surface area contributed by atoms with Gasteiger partial charge in [0.25, 0.3) is 5.56 Å². The number of hydrogen-bond donors (Lipinski definition) is 2. The Hall–Kier alpha value is -2.90. The molecule has 168 valence electrons. The van der Waals surface area contributed by atoms with Crippen molar-refractivity contribution in [1.82, 2.24) is 9.88 Å². The van der Waals surface area contributed by atoms with Gasteiger partial charge in [-0.05, 0) is 86.3 Å². The first kappa shape index (κ1) is 22.3. The fourth-order valence-electron chi connectivity index (χ4n) is 4.19. The van der Waals surface area contributed by atoms with E-state index in [2.05, 4.69) is 29.4 Å². The summed E-state index contributed by atoms with van der Waals surface area (Å²) in [6.45, 7) is 5.89. The Labute approximate surface area is 193 Å². The van der Waals surface area contributed by atoms with E-state index < -0.39 is 0 Å². The summed E-state index contributed by atoms with van der Waals surface area (Å²) in [5.41, 5.74) is 4.58. The third-order valence-electron chi connectivity index (χ3n) is 5.81. The van der Waals surface area contributed by atoms with Crippen LogP contribution in [-0.4, -0.2) is 41.4 Å². The van der Waals surface area contributed by atoms with Crippen molar-refractivity contribution in [1.29, 1.82) is 0 Å². The Morgan fingerprint density at radius 2 is 2.03 bits per heavy atom. The van der Waals surface area contributed by atoms with Crippen molar-refractivity contribution >= 4 is 33.9 Å². The minimum Gasteiger partial charge on any atom is -0.497 e. The van der Waals surface area contributed by atoms with Crippen LogP contribution in [0, 0.1) is 13.8 Å². The van der Waals surface area contributed by atoms with Crippen LogP contribution in [0.25, 0.3) is 10.9 Å². The van der Waals surface area contributed by atoms with E-state index in [4.69, 9.17) is 21.7 Å². The van der Waals surface area contributed by atoms with E-state index in [0.717, 1.165) is 47.4 Å². The smallest absolute Gasteiger partial charge is 0.253 e. The first-order valence-electron chi connectivity index (χ1n) is 10.9. The van der Waals surface area contributed by atoms with Gasteiger partial charge in [-0.1, -0.05) is 11.6 Å². The second-order valence-electron chi connectivity index (χ2n) is 8.34. The van der Waals surface area contributed by atoms with E-state index in [1.54, 1.807) is 7.11 Å². The molecule has 1 aliphatic heterocycles. The van der Waals surface area contributed by atoms with Crippen LogP contribution >= 0.6 is 12.2 Å². The molecular formula is C25H29N3O3S. The maximum atomic E-state index is 12.9. The maximum Gasteiger partial charge on any atom is 0.253 e. The summed E-state index contributed by atoms with van der Waals surface area (Å²) in [6.07, 6.45) is 2.15. The molecule has 0 spiro atoms. The zero-order valence-electron chi connectivity index (χ0n) is 18.7. The molecular weight excluding hydrogens is 422 g/mol. The van der Waals surface area contributed by atoms with Crippen molar-refractivity contribution in [2.45, 2.75) is 39.3 Å². The number of ether oxygens (including phenoxy) is 2. The number of rotatable bonds is 6. The Kier molecular flexibility index (Phi) is 6.77. The van der Waals surface area contributed by atoms with Crippen molar-refractivity contribution in [3.8, 4) is 5.75 Å². The number of aromatic nitrogens is 1. The third-order valence-corrected chi connectivity index (χ3v) is 6.17. The second-order valence-corrected chi connectivity index (χ2v) is 8.73. The van der Waals surface area contributed by atoms with Gasteiger partial charge in [-0.15, -0.1) is 0 Å². The van der Waals surface area contributed by atoms with Crippen molar-refractivity contribution < 1.29 is 9.47 Å². The van der Waals surface area contributed by atoms with Crippen LogP contribution in [0.4, 0.5) is 5.69 Å². The van der Waals surface area contributed by atoms with E-state index in [0.29, 0.717) is 23.8 Å². The Morgan fingerprint density at radius 3 is 2.72 bits per heavy atom. The van der Waals surface area contributed by atoms with Gasteiger partial charge in [0.1, 0.15) is 5.75 Å². The van der Waals surface area contributed by atoms with Crippen LogP contribution in [0.3, 0.4) is 0 Å². The highest BCUT2D eigenvalue weighted by Gasteiger charge is 2.22. The van der Waals surface area contributed by atoms with E-state index in [1.807, 2.05) is 42.2 Å². The molecule has 1 atom stereocenters. The Morgan fingerprint density at radius 1 is 1.25 bits per heavy atom. The fourth-order valence-corrected chi connectivity index (χ4v) is 4.44. The van der Waals surface area contributed by atoms with Crippen molar-refractivity contribution in [2.24, 2.45) is 0 Å². The number of methoxy groups -OCH3 is 1. The summed E-state index contributed by atoms with van der Waals surface area (Å²) >= 11 is 5.75. The van der Waals surface area contributed by atoms with E-state index in [9.17, 15) is 4.79 Å². The number of pyridine rings is 1. The van der Waals surface area contributed by atoms with Crippen LogP contribution in [-0.2, 0) is 11.3 Å². The van der Waals surface area contributed by atoms with Crippen LogP contribution in [0.1, 0.15) is 29.5 Å². The molecule has 0 unspecified atom stereocenters. The molecule has 2 aromatic carbocycles. The van der Waals surface area contributed by atoms with E-state index in [1.165, 1.54) is 5.56 Å². The van der Waals surface area contributed by atoms with Gasteiger partial charge < -0.3 is 24.7 Å². The normalized spacial score (nSPS) is 15.7. The predicted molar refractivity (Wildman–Crippen MR) is 133 cm³/mol. The molecule has 2 N–H and O–H groups in total. The van der Waals surface area contributed by atoms with Crippen LogP contribution in [0.5, 0.6) is 5.75 Å². The Bertz CT molecular complexity index is 1170. The minimum atomic E-state index is -0.0889. The van der Waals surface area contributed by atoms with Crippen LogP contribution in [0.15, 0.2) is 47.3 Å². The zero-order valence-corrected chi connectivity index (χ0v) is 19.6. The first-order valence-corrected chi connectivity index (χ1v) is 11.3. The molecule has 1 aromatic heterocycles. The summed E-state index contributed by atoms with van der Waals surface area (Å²) in [5.74, 6) is 0.783. The van der Waals surface area contributed by atoms with Gasteiger partial charge in [-0.2, -0.15) is 0 Å². The molecule has 0 aliphatic carbocycles. The maximum absolute atomic E-state index is 12.9. The molecule has 1 saturated heterocycles. The van der Waals surface area contributed by atoms with Gasteiger partial charge in [0.15, 0.2) is 5.11 Å². The number of hydrogen-bond acceptors (Lipinski definition) is 4. The fraction of sp³-hybridized carbons (Fsp3) is 0.360. The molecule has 2 heterocycles. The highest BCUT2D eigenvalue weighted by atomic mass is 32.1. The molecule has 0 bridgehead atoms. The number of anilines is 1. The van der Waals surface area contributed by atoms with Gasteiger partial charge in [0.2, 0.25) is 0 Å². The lowest BCUT2D eigenvalue weighted by molar-refractivity contribution is 0.0904. The quantitative estimate of drug-likeness (QED) is 0.537. The summed E-state index contributed by atoms with van der Waals surface area (Å²) < 4.78 is 11.1. The summed E-state index contributed by atoms with van der Waals surface area (Å²) in [6, 6.07) is 13.8. The van der Waals surface area contributed by atoms with Crippen molar-refractivity contribution in [3.05, 3.63) is 69.5 Å². The topological polar surface area (TPSA) is 66.6 Å². The van der Waals surface area contributed by atoms with Crippen molar-refractivity contribution in [3.63, 3.8) is 0 Å². The molecule has 0 amide bonds. The number of H-pyrrole nitrogens is 1. The molecule has 0 radical (unpaired) electrons. The van der Waals surface area contributed by atoms with Crippen molar-refractivity contribution in [2.75, 3.05) is 25.6 Å². The van der Waals surface area contributed by atoms with E-state index >= 15 is 0 Å². The second kappa shape index (κ2) is 9.71. The largest absolute Gasteiger partial charge is 0.497 e. The number of nitrogens with one attached hydrogen (secondary N) is 2. The highest BCUT2D eigenvalue weighted by Crippen LogP contribution is 2.21. The van der Waals surface area contributed by atoms with Gasteiger partial charge >= 0.3 is 0 Å². The number of aromatic amines is 1. The highest BCUT2D eigenvalue weighted by molar-refractivity contribution is 7.80. The molecule has 6 nitrogen and oxygen atoms in total.